The van der Waals surface area contributed by atoms with E-state index in [1.165, 1.54) is 6.20 Å². The maximum absolute atomic E-state index is 12.8. The third-order valence-electron chi connectivity index (χ3n) is 4.88. The second-order valence-electron chi connectivity index (χ2n) is 7.08. The van der Waals surface area contributed by atoms with Gasteiger partial charge in [-0.3, -0.25) is 4.79 Å². The summed E-state index contributed by atoms with van der Waals surface area (Å²) in [5.41, 5.74) is 3.40. The molecule has 148 valence electrons. The van der Waals surface area contributed by atoms with Crippen molar-refractivity contribution in [2.45, 2.75) is 19.6 Å². The number of amides is 1. The Morgan fingerprint density at radius 1 is 1.31 bits per heavy atom. The summed E-state index contributed by atoms with van der Waals surface area (Å²) in [6.07, 6.45) is 3.35. The summed E-state index contributed by atoms with van der Waals surface area (Å²) in [7, 11) is 1.63. The van der Waals surface area contributed by atoms with Crippen LogP contribution in [0.5, 0.6) is 5.75 Å². The van der Waals surface area contributed by atoms with Gasteiger partial charge in [0.05, 0.1) is 31.9 Å². The average molecular weight is 392 g/mol. The molecule has 0 fully saturated rings. The largest absolute Gasteiger partial charge is 0.497 e. The fraction of sp³-hybridized carbons (Fsp3) is 0.250. The molecule has 9 heteroatoms. The lowest BCUT2D eigenvalue weighted by Crippen LogP contribution is -2.35. The number of hydrogen-bond donors (Lipinski definition) is 3. The van der Waals surface area contributed by atoms with Gasteiger partial charge in [0.2, 0.25) is 0 Å². The number of carbonyl (C=O) groups is 1. The number of benzene rings is 1. The summed E-state index contributed by atoms with van der Waals surface area (Å²) in [5, 5.41) is 11.5. The second-order valence-corrected chi connectivity index (χ2v) is 7.08. The Morgan fingerprint density at radius 2 is 2.21 bits per heavy atom. The van der Waals surface area contributed by atoms with Gasteiger partial charge in [0.1, 0.15) is 22.8 Å². The molecule has 1 atom stereocenters. The molecule has 3 aromatic heterocycles. The van der Waals surface area contributed by atoms with Crippen LogP contribution in [0.1, 0.15) is 22.8 Å². The summed E-state index contributed by atoms with van der Waals surface area (Å²) < 4.78 is 12.9. The van der Waals surface area contributed by atoms with Crippen LogP contribution < -0.4 is 15.4 Å². The minimum atomic E-state index is -0.238. The summed E-state index contributed by atoms with van der Waals surface area (Å²) >= 11 is 0. The molecule has 5 rings (SSSR count). The molecule has 1 aliphatic rings. The Bertz CT molecular complexity index is 1230. The molecule has 0 aliphatic carbocycles. The average Bonchev–Trinajstić information content (AvgIpc) is 3.34. The van der Waals surface area contributed by atoms with E-state index in [-0.39, 0.29) is 11.9 Å². The molecule has 0 radical (unpaired) electrons. The molecule has 4 heterocycles. The zero-order valence-corrected chi connectivity index (χ0v) is 16.0. The van der Waals surface area contributed by atoms with E-state index in [0.29, 0.717) is 30.2 Å². The van der Waals surface area contributed by atoms with Crippen LogP contribution in [0, 0.1) is 0 Å². The highest BCUT2D eigenvalue weighted by molar-refractivity contribution is 6.02. The van der Waals surface area contributed by atoms with Crippen molar-refractivity contribution in [1.82, 2.24) is 24.9 Å². The van der Waals surface area contributed by atoms with Crippen molar-refractivity contribution in [1.29, 1.82) is 0 Å². The SMILES string of the molecule is COc1cc2cc(c1)Nc1nc3c(cnn3c3[nH]ccc13)C(=O)N[C@H](C)COC2. The van der Waals surface area contributed by atoms with Crippen LogP contribution in [-0.4, -0.2) is 45.2 Å². The number of H-pyrrole nitrogens is 1. The number of aromatic nitrogens is 4. The maximum Gasteiger partial charge on any atom is 0.257 e. The van der Waals surface area contributed by atoms with Crippen LogP contribution in [0.4, 0.5) is 11.5 Å². The first-order valence-electron chi connectivity index (χ1n) is 9.31. The second kappa shape index (κ2) is 6.78. The lowest BCUT2D eigenvalue weighted by atomic mass is 10.2. The van der Waals surface area contributed by atoms with Gasteiger partial charge in [-0.1, -0.05) is 0 Å². The van der Waals surface area contributed by atoms with Crippen molar-refractivity contribution in [2.75, 3.05) is 19.0 Å². The van der Waals surface area contributed by atoms with Crippen LogP contribution in [-0.2, 0) is 11.3 Å². The molecule has 9 nitrogen and oxygen atoms in total. The lowest BCUT2D eigenvalue weighted by molar-refractivity contribution is 0.0821. The molecule has 0 saturated heterocycles. The Kier molecular flexibility index (Phi) is 4.09. The zero-order valence-electron chi connectivity index (χ0n) is 16.0. The highest BCUT2D eigenvalue weighted by atomic mass is 16.5. The maximum atomic E-state index is 12.8. The van der Waals surface area contributed by atoms with Gasteiger partial charge >= 0.3 is 0 Å². The van der Waals surface area contributed by atoms with E-state index in [9.17, 15) is 4.79 Å². The summed E-state index contributed by atoms with van der Waals surface area (Å²) in [6, 6.07) is 7.57. The van der Waals surface area contributed by atoms with Crippen LogP contribution in [0.3, 0.4) is 0 Å². The van der Waals surface area contributed by atoms with Crippen molar-refractivity contribution in [3.63, 3.8) is 0 Å². The van der Waals surface area contributed by atoms with Crippen LogP contribution in [0.2, 0.25) is 0 Å². The quantitative estimate of drug-likeness (QED) is 0.460. The molecule has 4 aromatic rings. The topological polar surface area (TPSA) is 106 Å². The summed E-state index contributed by atoms with van der Waals surface area (Å²) in [4.78, 5) is 20.7. The predicted octanol–water partition coefficient (Wildman–Crippen LogP) is 2.61. The Hall–Kier alpha value is -3.59. The van der Waals surface area contributed by atoms with Gasteiger partial charge < -0.3 is 25.1 Å². The van der Waals surface area contributed by atoms with E-state index in [2.05, 4.69) is 20.7 Å². The normalized spacial score (nSPS) is 17.2. The fourth-order valence-electron chi connectivity index (χ4n) is 3.53. The molecule has 29 heavy (non-hydrogen) atoms. The molecular formula is C20H20N6O3. The number of aromatic amines is 1. The van der Waals surface area contributed by atoms with Crippen molar-refractivity contribution in [2.24, 2.45) is 0 Å². The number of rotatable bonds is 1. The van der Waals surface area contributed by atoms with Gasteiger partial charge in [-0.05, 0) is 30.7 Å². The molecular weight excluding hydrogens is 372 g/mol. The number of fused-ring (bicyclic) bond motifs is 6. The van der Waals surface area contributed by atoms with Crippen molar-refractivity contribution in [3.05, 3.63) is 47.8 Å². The van der Waals surface area contributed by atoms with E-state index < -0.39 is 0 Å². The standard InChI is InChI=1S/C20H20N6O3/c1-11-9-29-10-12-5-13(7-14(6-12)28-2)24-17-15-3-4-21-18(15)26-19(25-17)16(8-22-26)20(27)23-11/h3-8,11,21H,9-10H2,1-2H3,(H,23,27)(H,24,25)/t11-/m1/s1. The van der Waals surface area contributed by atoms with E-state index in [0.717, 1.165) is 28.0 Å². The third-order valence-corrected chi connectivity index (χ3v) is 4.88. The molecule has 4 bridgehead atoms. The summed E-state index contributed by atoms with van der Waals surface area (Å²) in [5.74, 6) is 1.10. The molecule has 1 aliphatic heterocycles. The first-order chi connectivity index (χ1) is 14.1. The Balaban J connectivity index is 1.73. The van der Waals surface area contributed by atoms with E-state index in [1.54, 1.807) is 11.6 Å². The first kappa shape index (κ1) is 17.5. The van der Waals surface area contributed by atoms with Crippen molar-refractivity contribution >= 4 is 34.1 Å². The molecule has 1 amide bonds. The number of nitrogens with one attached hydrogen (secondary N) is 3. The fourth-order valence-corrected chi connectivity index (χ4v) is 3.53. The monoisotopic (exact) mass is 392 g/mol. The lowest BCUT2D eigenvalue weighted by Gasteiger charge is -2.16. The van der Waals surface area contributed by atoms with E-state index >= 15 is 0 Å². The van der Waals surface area contributed by atoms with Crippen LogP contribution in [0.15, 0.2) is 36.7 Å². The Morgan fingerprint density at radius 3 is 3.07 bits per heavy atom. The highest BCUT2D eigenvalue weighted by Crippen LogP contribution is 2.29. The number of nitrogens with zero attached hydrogens (tertiary/aromatic N) is 3. The smallest absolute Gasteiger partial charge is 0.257 e. The van der Waals surface area contributed by atoms with Gasteiger partial charge in [-0.15, -0.1) is 0 Å². The van der Waals surface area contributed by atoms with Gasteiger partial charge in [-0.2, -0.15) is 9.61 Å². The minimum absolute atomic E-state index is 0.169. The molecule has 0 unspecified atom stereocenters. The minimum Gasteiger partial charge on any atom is -0.497 e. The van der Waals surface area contributed by atoms with E-state index in [1.807, 2.05) is 37.4 Å². The van der Waals surface area contributed by atoms with Gasteiger partial charge in [0.25, 0.3) is 5.91 Å². The molecule has 3 N–H and O–H groups in total. The number of ether oxygens (including phenoxy) is 2. The molecule has 0 spiro atoms. The van der Waals surface area contributed by atoms with Crippen LogP contribution in [0.25, 0.3) is 16.7 Å². The number of carbonyl (C=O) groups excluding carboxylic acids is 1. The summed E-state index contributed by atoms with van der Waals surface area (Å²) in [6.45, 7) is 2.68. The first-order valence-corrected chi connectivity index (χ1v) is 9.31. The number of hydrogen-bond acceptors (Lipinski definition) is 6. The van der Waals surface area contributed by atoms with Gasteiger partial charge in [0, 0.05) is 24.0 Å². The van der Waals surface area contributed by atoms with E-state index in [4.69, 9.17) is 14.5 Å². The van der Waals surface area contributed by atoms with Crippen molar-refractivity contribution < 1.29 is 14.3 Å². The predicted molar refractivity (Wildman–Crippen MR) is 108 cm³/mol. The third kappa shape index (κ3) is 3.05. The van der Waals surface area contributed by atoms with Gasteiger partial charge in [-0.25, -0.2) is 4.98 Å². The highest BCUT2D eigenvalue weighted by Gasteiger charge is 2.20. The number of methoxy groups -OCH3 is 1. The Labute approximate surface area is 166 Å². The molecule has 1 aromatic carbocycles. The van der Waals surface area contributed by atoms with Crippen LogP contribution >= 0.6 is 0 Å². The number of anilines is 2. The van der Waals surface area contributed by atoms with Gasteiger partial charge in [0.15, 0.2) is 5.65 Å². The molecule has 0 saturated carbocycles. The zero-order chi connectivity index (χ0) is 20.0. The van der Waals surface area contributed by atoms with Crippen molar-refractivity contribution in [3.8, 4) is 5.75 Å².